The van der Waals surface area contributed by atoms with Gasteiger partial charge in [0.2, 0.25) is 5.91 Å². The molecule has 0 radical (unpaired) electrons. The highest BCUT2D eigenvalue weighted by Crippen LogP contribution is 2.29. The van der Waals surface area contributed by atoms with Crippen LogP contribution < -0.4 is 10.1 Å². The third-order valence-electron chi connectivity index (χ3n) is 3.63. The quantitative estimate of drug-likeness (QED) is 0.897. The van der Waals surface area contributed by atoms with Gasteiger partial charge in [0.25, 0.3) is 0 Å². The van der Waals surface area contributed by atoms with Crippen molar-refractivity contribution in [3.63, 3.8) is 0 Å². The molecule has 3 rings (SSSR count). The van der Waals surface area contributed by atoms with Crippen molar-refractivity contribution in [1.29, 1.82) is 0 Å². The van der Waals surface area contributed by atoms with Crippen LogP contribution in [0.25, 0.3) is 11.3 Å². The Kier molecular flexibility index (Phi) is 4.61. The first kappa shape index (κ1) is 17.2. The second-order valence-corrected chi connectivity index (χ2v) is 5.88. The smallest absolute Gasteiger partial charge is 0.406 e. The van der Waals surface area contributed by atoms with Crippen LogP contribution in [0.15, 0.2) is 30.3 Å². The largest absolute Gasteiger partial charge is 0.573 e. The summed E-state index contributed by atoms with van der Waals surface area (Å²) in [5.41, 5.74) is 1.60. The van der Waals surface area contributed by atoms with Gasteiger partial charge >= 0.3 is 6.36 Å². The second kappa shape index (κ2) is 6.70. The second-order valence-electron chi connectivity index (χ2n) is 5.88. The van der Waals surface area contributed by atoms with Crippen molar-refractivity contribution >= 4 is 5.91 Å². The van der Waals surface area contributed by atoms with Crippen molar-refractivity contribution in [3.05, 3.63) is 41.9 Å². The van der Waals surface area contributed by atoms with Crippen LogP contribution in [0, 0.1) is 12.8 Å². The summed E-state index contributed by atoms with van der Waals surface area (Å²) >= 11 is 0. The Morgan fingerprint density at radius 3 is 2.72 bits per heavy atom. The highest BCUT2D eigenvalue weighted by Gasteiger charge is 2.31. The number of hydrogen-bond acceptors (Lipinski definition) is 4. The van der Waals surface area contributed by atoms with Crippen LogP contribution in [-0.2, 0) is 11.3 Å². The van der Waals surface area contributed by atoms with Gasteiger partial charge in [0.15, 0.2) is 0 Å². The molecule has 1 aromatic heterocycles. The van der Waals surface area contributed by atoms with Crippen LogP contribution >= 0.6 is 0 Å². The zero-order chi connectivity index (χ0) is 18.0. The molecule has 132 valence electrons. The van der Waals surface area contributed by atoms with E-state index in [9.17, 15) is 18.0 Å². The first-order valence-corrected chi connectivity index (χ1v) is 7.78. The molecule has 1 amide bonds. The summed E-state index contributed by atoms with van der Waals surface area (Å²) in [6.07, 6.45) is -2.95. The van der Waals surface area contributed by atoms with Crippen molar-refractivity contribution in [2.45, 2.75) is 32.7 Å². The summed E-state index contributed by atoms with van der Waals surface area (Å²) in [5, 5.41) is 2.77. The predicted octanol–water partition coefficient (Wildman–Crippen LogP) is 3.38. The lowest BCUT2D eigenvalue weighted by Gasteiger charge is -2.11. The van der Waals surface area contributed by atoms with E-state index in [1.165, 1.54) is 18.2 Å². The lowest BCUT2D eigenvalue weighted by molar-refractivity contribution is -0.274. The van der Waals surface area contributed by atoms with Crippen LogP contribution in [0.5, 0.6) is 5.75 Å². The summed E-state index contributed by atoms with van der Waals surface area (Å²) < 4.78 is 41.0. The van der Waals surface area contributed by atoms with Gasteiger partial charge in [0.05, 0.1) is 12.2 Å². The molecule has 0 unspecified atom stereocenters. The molecule has 0 spiro atoms. The van der Waals surface area contributed by atoms with Gasteiger partial charge in [0.1, 0.15) is 11.6 Å². The number of alkyl halides is 3. The van der Waals surface area contributed by atoms with Crippen LogP contribution in [0.4, 0.5) is 13.2 Å². The fraction of sp³-hybridized carbons (Fsp3) is 0.353. The van der Waals surface area contributed by atoms with Crippen molar-refractivity contribution in [2.24, 2.45) is 5.92 Å². The Bertz CT molecular complexity index is 789. The van der Waals surface area contributed by atoms with E-state index in [-0.39, 0.29) is 24.1 Å². The zero-order valence-electron chi connectivity index (χ0n) is 13.4. The van der Waals surface area contributed by atoms with E-state index < -0.39 is 6.36 Å². The third-order valence-corrected chi connectivity index (χ3v) is 3.63. The van der Waals surface area contributed by atoms with E-state index in [1.807, 2.05) is 0 Å². The number of aromatic nitrogens is 2. The van der Waals surface area contributed by atoms with Gasteiger partial charge < -0.3 is 10.1 Å². The number of benzene rings is 1. The van der Waals surface area contributed by atoms with Crippen molar-refractivity contribution in [1.82, 2.24) is 15.3 Å². The number of carbonyl (C=O) groups is 1. The molecule has 1 aliphatic rings. The molecule has 2 aromatic rings. The predicted molar refractivity (Wildman–Crippen MR) is 83.5 cm³/mol. The van der Waals surface area contributed by atoms with E-state index >= 15 is 0 Å². The topological polar surface area (TPSA) is 64.1 Å². The summed E-state index contributed by atoms with van der Waals surface area (Å²) in [6, 6.07) is 7.25. The first-order valence-electron chi connectivity index (χ1n) is 7.78. The average Bonchev–Trinajstić information content (AvgIpc) is 3.35. The Morgan fingerprint density at radius 2 is 2.04 bits per heavy atom. The number of halogens is 3. The maximum Gasteiger partial charge on any atom is 0.573 e. The Balaban J connectivity index is 1.79. The maximum absolute atomic E-state index is 12.4. The monoisotopic (exact) mass is 351 g/mol. The number of carbonyl (C=O) groups excluding carboxylic acids is 1. The van der Waals surface area contributed by atoms with Crippen LogP contribution in [0.1, 0.15) is 24.4 Å². The molecule has 5 nitrogen and oxygen atoms in total. The highest BCUT2D eigenvalue weighted by atomic mass is 19.4. The van der Waals surface area contributed by atoms with E-state index in [0.717, 1.165) is 12.8 Å². The van der Waals surface area contributed by atoms with E-state index in [4.69, 9.17) is 0 Å². The van der Waals surface area contributed by atoms with Gasteiger partial charge in [-0.2, -0.15) is 0 Å². The minimum Gasteiger partial charge on any atom is -0.406 e. The molecule has 8 heteroatoms. The van der Waals surface area contributed by atoms with Gasteiger partial charge in [-0.3, -0.25) is 4.79 Å². The number of hydrogen-bond donors (Lipinski definition) is 1. The fourth-order valence-corrected chi connectivity index (χ4v) is 2.37. The lowest BCUT2D eigenvalue weighted by Crippen LogP contribution is -2.25. The lowest BCUT2D eigenvalue weighted by atomic mass is 10.1. The Labute approximate surface area is 142 Å². The number of rotatable bonds is 5. The molecular formula is C17H16F3N3O2. The van der Waals surface area contributed by atoms with Crippen LogP contribution in [0.2, 0.25) is 0 Å². The fourth-order valence-electron chi connectivity index (χ4n) is 2.37. The molecule has 1 N–H and O–H groups in total. The SMILES string of the molecule is Cc1cc(-c2cccc(OC(F)(F)F)c2)nc(CNC(=O)C2CC2)n1. The minimum absolute atomic E-state index is 0.0211. The average molecular weight is 351 g/mol. The van der Waals surface area contributed by atoms with Crippen molar-refractivity contribution < 1.29 is 22.7 Å². The Morgan fingerprint density at radius 1 is 1.28 bits per heavy atom. The molecular weight excluding hydrogens is 335 g/mol. The molecule has 0 bridgehead atoms. The summed E-state index contributed by atoms with van der Waals surface area (Å²) in [4.78, 5) is 20.3. The van der Waals surface area contributed by atoms with Gasteiger partial charge in [-0.1, -0.05) is 12.1 Å². The minimum atomic E-state index is -4.75. The molecule has 1 saturated carbocycles. The normalized spacial score (nSPS) is 14.2. The standard InChI is InChI=1S/C17H16F3N3O2/c1-10-7-14(12-3-2-4-13(8-12)25-17(18,19)20)23-15(22-10)9-21-16(24)11-5-6-11/h2-4,7-8,11H,5-6,9H2,1H3,(H,21,24). The molecule has 0 atom stereocenters. The van der Waals surface area contributed by atoms with E-state index in [0.29, 0.717) is 22.8 Å². The molecule has 0 saturated heterocycles. The third kappa shape index (κ3) is 4.91. The zero-order valence-corrected chi connectivity index (χ0v) is 13.4. The highest BCUT2D eigenvalue weighted by molar-refractivity contribution is 5.80. The number of nitrogens with one attached hydrogen (secondary N) is 1. The first-order chi connectivity index (χ1) is 11.8. The number of nitrogens with zero attached hydrogens (tertiary/aromatic N) is 2. The van der Waals surface area contributed by atoms with Crippen LogP contribution in [-0.4, -0.2) is 22.2 Å². The van der Waals surface area contributed by atoms with Gasteiger partial charge in [0, 0.05) is 17.2 Å². The molecule has 0 aliphatic heterocycles. The number of ether oxygens (including phenoxy) is 1. The molecule has 1 heterocycles. The summed E-state index contributed by atoms with van der Waals surface area (Å²) in [7, 11) is 0. The van der Waals surface area contributed by atoms with Gasteiger partial charge in [-0.15, -0.1) is 13.2 Å². The Hall–Kier alpha value is -2.64. The number of amides is 1. The number of aryl methyl sites for hydroxylation is 1. The molecule has 25 heavy (non-hydrogen) atoms. The summed E-state index contributed by atoms with van der Waals surface area (Å²) in [6.45, 7) is 1.94. The van der Waals surface area contributed by atoms with Crippen LogP contribution in [0.3, 0.4) is 0 Å². The van der Waals surface area contributed by atoms with E-state index in [2.05, 4.69) is 20.0 Å². The van der Waals surface area contributed by atoms with Gasteiger partial charge in [-0.05, 0) is 38.0 Å². The maximum atomic E-state index is 12.4. The van der Waals surface area contributed by atoms with Gasteiger partial charge in [-0.25, -0.2) is 9.97 Å². The van der Waals surface area contributed by atoms with Crippen molar-refractivity contribution in [2.75, 3.05) is 0 Å². The molecule has 1 aliphatic carbocycles. The van der Waals surface area contributed by atoms with Crippen molar-refractivity contribution in [3.8, 4) is 17.0 Å². The summed E-state index contributed by atoms with van der Waals surface area (Å²) in [5.74, 6) is 0.156. The van der Waals surface area contributed by atoms with E-state index in [1.54, 1.807) is 19.1 Å². The molecule has 1 fully saturated rings. The molecule has 1 aromatic carbocycles.